The van der Waals surface area contributed by atoms with Crippen LogP contribution in [0.15, 0.2) is 0 Å². The van der Waals surface area contributed by atoms with Crippen LogP contribution in [-0.4, -0.2) is 46.5 Å². The fraction of sp³-hybridized carbons (Fsp3) is 1.00. The molecule has 2 saturated heterocycles. The average molecular weight is 313 g/mol. The van der Waals surface area contributed by atoms with Crippen LogP contribution in [0.4, 0.5) is 0 Å². The second-order valence-electron chi connectivity index (χ2n) is 5.52. The Hall–Kier alpha value is 0.120. The van der Waals surface area contributed by atoms with Gasteiger partial charge in [0.2, 0.25) is 10.0 Å². The number of hydrogen-bond acceptors (Lipinski definition) is 4. The average Bonchev–Trinajstić information content (AvgIpc) is 2.81. The van der Waals surface area contributed by atoms with Crippen LogP contribution in [-0.2, 0) is 14.8 Å². The Labute approximate surface area is 122 Å². The minimum Gasteiger partial charge on any atom is -0.381 e. The largest absolute Gasteiger partial charge is 0.381 e. The minimum absolute atomic E-state index is 0. The number of ether oxygens (including phenoxy) is 1. The predicted octanol–water partition coefficient (Wildman–Crippen LogP) is 0.752. The molecule has 2 fully saturated rings. The molecule has 2 N–H and O–H groups in total. The van der Waals surface area contributed by atoms with Gasteiger partial charge < -0.3 is 10.1 Å². The molecule has 0 aromatic carbocycles. The first-order chi connectivity index (χ1) is 8.57. The van der Waals surface area contributed by atoms with E-state index in [-0.39, 0.29) is 30.1 Å². The number of halogens is 1. The summed E-state index contributed by atoms with van der Waals surface area (Å²) in [6.45, 7) is 5.22. The maximum Gasteiger partial charge on any atom is 0.212 e. The number of nitrogens with one attached hydrogen (secondary N) is 2. The summed E-state index contributed by atoms with van der Waals surface area (Å²) in [6, 6.07) is 0.0186. The zero-order valence-corrected chi connectivity index (χ0v) is 13.1. The van der Waals surface area contributed by atoms with E-state index in [1.807, 2.05) is 6.92 Å². The molecule has 114 valence electrons. The SMILES string of the molecule is CC(NS(=O)(=O)CC1CCOC1)C1CCCNC1.Cl. The summed E-state index contributed by atoms with van der Waals surface area (Å²) in [5.41, 5.74) is 0. The van der Waals surface area contributed by atoms with E-state index in [2.05, 4.69) is 10.0 Å². The summed E-state index contributed by atoms with van der Waals surface area (Å²) in [7, 11) is -3.17. The van der Waals surface area contributed by atoms with Crippen molar-refractivity contribution in [3.05, 3.63) is 0 Å². The van der Waals surface area contributed by atoms with Crippen molar-refractivity contribution in [2.75, 3.05) is 32.1 Å². The lowest BCUT2D eigenvalue weighted by atomic mass is 9.94. The van der Waals surface area contributed by atoms with Gasteiger partial charge in [0, 0.05) is 12.6 Å². The van der Waals surface area contributed by atoms with E-state index < -0.39 is 10.0 Å². The molecule has 0 spiro atoms. The molecule has 3 atom stereocenters. The van der Waals surface area contributed by atoms with Crippen LogP contribution >= 0.6 is 12.4 Å². The van der Waals surface area contributed by atoms with E-state index in [0.717, 1.165) is 32.4 Å². The smallest absolute Gasteiger partial charge is 0.212 e. The molecule has 0 bridgehead atoms. The van der Waals surface area contributed by atoms with Gasteiger partial charge in [-0.3, -0.25) is 0 Å². The number of rotatable bonds is 5. The summed E-state index contributed by atoms with van der Waals surface area (Å²) in [5, 5.41) is 3.32. The van der Waals surface area contributed by atoms with Crippen LogP contribution in [0.1, 0.15) is 26.2 Å². The lowest BCUT2D eigenvalue weighted by Crippen LogP contribution is -2.45. The van der Waals surface area contributed by atoms with E-state index in [1.54, 1.807) is 0 Å². The number of sulfonamides is 1. The van der Waals surface area contributed by atoms with Crippen molar-refractivity contribution in [3.63, 3.8) is 0 Å². The summed E-state index contributed by atoms with van der Waals surface area (Å²) in [6.07, 6.45) is 3.09. The van der Waals surface area contributed by atoms with E-state index in [4.69, 9.17) is 4.74 Å². The van der Waals surface area contributed by atoms with Gasteiger partial charge in [0.15, 0.2) is 0 Å². The first-order valence-electron chi connectivity index (χ1n) is 6.85. The Morgan fingerprint density at radius 3 is 2.79 bits per heavy atom. The predicted molar refractivity (Wildman–Crippen MR) is 78.2 cm³/mol. The maximum absolute atomic E-state index is 12.1. The second kappa shape index (κ2) is 7.78. The van der Waals surface area contributed by atoms with Crippen LogP contribution in [0.2, 0.25) is 0 Å². The minimum atomic E-state index is -3.17. The molecule has 0 aromatic heterocycles. The molecule has 0 amide bonds. The van der Waals surface area contributed by atoms with Gasteiger partial charge in [0.05, 0.1) is 12.4 Å². The monoisotopic (exact) mass is 312 g/mol. The molecule has 5 nitrogen and oxygen atoms in total. The van der Waals surface area contributed by atoms with Gasteiger partial charge in [-0.05, 0) is 51.1 Å². The summed E-state index contributed by atoms with van der Waals surface area (Å²) in [5.74, 6) is 0.782. The molecule has 7 heteroatoms. The lowest BCUT2D eigenvalue weighted by molar-refractivity contribution is 0.188. The molecule has 2 aliphatic heterocycles. The quantitative estimate of drug-likeness (QED) is 0.786. The van der Waals surface area contributed by atoms with Crippen molar-refractivity contribution in [1.29, 1.82) is 0 Å². The van der Waals surface area contributed by atoms with Crippen molar-refractivity contribution in [2.45, 2.75) is 32.2 Å². The molecule has 0 radical (unpaired) electrons. The van der Waals surface area contributed by atoms with Crippen molar-refractivity contribution in [1.82, 2.24) is 10.0 Å². The van der Waals surface area contributed by atoms with Crippen molar-refractivity contribution < 1.29 is 13.2 Å². The fourth-order valence-corrected chi connectivity index (χ4v) is 4.50. The second-order valence-corrected chi connectivity index (χ2v) is 7.32. The highest BCUT2D eigenvalue weighted by atomic mass is 35.5. The zero-order chi connectivity index (χ0) is 13.0. The van der Waals surface area contributed by atoms with Gasteiger partial charge in [0.1, 0.15) is 0 Å². The third kappa shape index (κ3) is 5.55. The Balaban J connectivity index is 0.00000180. The standard InChI is InChI=1S/C12H24N2O3S.ClH/c1-10(12-3-2-5-13-7-12)14-18(15,16)9-11-4-6-17-8-11;/h10-14H,2-9H2,1H3;1H. The maximum atomic E-state index is 12.1. The Morgan fingerprint density at radius 2 is 2.21 bits per heavy atom. The molecule has 0 aromatic rings. The van der Waals surface area contributed by atoms with Crippen molar-refractivity contribution >= 4 is 22.4 Å². The first kappa shape index (κ1) is 17.2. The third-order valence-corrected chi connectivity index (χ3v) is 5.53. The van der Waals surface area contributed by atoms with Gasteiger partial charge in [-0.1, -0.05) is 0 Å². The zero-order valence-electron chi connectivity index (χ0n) is 11.4. The van der Waals surface area contributed by atoms with E-state index in [9.17, 15) is 8.42 Å². The highest BCUT2D eigenvalue weighted by Gasteiger charge is 2.27. The summed E-state index contributed by atoms with van der Waals surface area (Å²) in [4.78, 5) is 0. The fourth-order valence-electron chi connectivity index (χ4n) is 2.76. The summed E-state index contributed by atoms with van der Waals surface area (Å²) >= 11 is 0. The molecule has 0 saturated carbocycles. The lowest BCUT2D eigenvalue weighted by Gasteiger charge is -2.29. The van der Waals surface area contributed by atoms with E-state index in [1.165, 1.54) is 0 Å². The normalized spacial score (nSPS) is 29.7. The van der Waals surface area contributed by atoms with Crippen LogP contribution in [0, 0.1) is 11.8 Å². The van der Waals surface area contributed by atoms with E-state index >= 15 is 0 Å². The molecule has 2 heterocycles. The van der Waals surface area contributed by atoms with Crippen LogP contribution in [0.5, 0.6) is 0 Å². The Bertz CT molecular complexity index is 352. The van der Waals surface area contributed by atoms with Crippen molar-refractivity contribution in [2.24, 2.45) is 11.8 Å². The highest BCUT2D eigenvalue weighted by Crippen LogP contribution is 2.17. The molecule has 19 heavy (non-hydrogen) atoms. The third-order valence-electron chi connectivity index (χ3n) is 3.89. The van der Waals surface area contributed by atoms with Gasteiger partial charge in [-0.25, -0.2) is 13.1 Å². The topological polar surface area (TPSA) is 67.4 Å². The first-order valence-corrected chi connectivity index (χ1v) is 8.50. The van der Waals surface area contributed by atoms with Crippen LogP contribution in [0.3, 0.4) is 0 Å². The molecule has 0 aliphatic carbocycles. The molecule has 2 rings (SSSR count). The van der Waals surface area contributed by atoms with Gasteiger partial charge in [-0.15, -0.1) is 12.4 Å². The number of piperidine rings is 1. The highest BCUT2D eigenvalue weighted by molar-refractivity contribution is 7.89. The van der Waals surface area contributed by atoms with Crippen molar-refractivity contribution in [3.8, 4) is 0 Å². The van der Waals surface area contributed by atoms with Crippen LogP contribution in [0.25, 0.3) is 0 Å². The molecule has 2 aliphatic rings. The molecular formula is C12H25ClN2O3S. The van der Waals surface area contributed by atoms with Gasteiger partial charge >= 0.3 is 0 Å². The van der Waals surface area contributed by atoms with Gasteiger partial charge in [0.25, 0.3) is 0 Å². The van der Waals surface area contributed by atoms with Crippen LogP contribution < -0.4 is 10.0 Å². The number of hydrogen-bond donors (Lipinski definition) is 2. The Morgan fingerprint density at radius 1 is 1.42 bits per heavy atom. The van der Waals surface area contributed by atoms with E-state index in [0.29, 0.717) is 19.1 Å². The molecule has 3 unspecified atom stereocenters. The summed E-state index contributed by atoms with van der Waals surface area (Å²) < 4.78 is 32.2. The Kier molecular flexibility index (Phi) is 7.04. The molecular weight excluding hydrogens is 288 g/mol. The van der Waals surface area contributed by atoms with Gasteiger partial charge in [-0.2, -0.15) is 0 Å².